The molecule has 8 nitrogen and oxygen atoms in total. The summed E-state index contributed by atoms with van der Waals surface area (Å²) < 4.78 is 7.22. The normalized spacial score (nSPS) is 10.7. The fourth-order valence-electron chi connectivity index (χ4n) is 3.10. The Morgan fingerprint density at radius 3 is 2.62 bits per heavy atom. The van der Waals surface area contributed by atoms with Gasteiger partial charge in [-0.25, -0.2) is 9.67 Å². The van der Waals surface area contributed by atoms with Gasteiger partial charge in [0.2, 0.25) is 5.91 Å². The Morgan fingerprint density at radius 1 is 1.12 bits per heavy atom. The lowest BCUT2D eigenvalue weighted by atomic mass is 10.2. The highest BCUT2D eigenvalue weighted by Crippen LogP contribution is 2.32. The highest BCUT2D eigenvalue weighted by molar-refractivity contribution is 7.13. The summed E-state index contributed by atoms with van der Waals surface area (Å²) in [5.74, 6) is 0.0302. The van der Waals surface area contributed by atoms with Crippen LogP contribution in [0.25, 0.3) is 16.3 Å². The number of rotatable bonds is 8. The number of nitrogens with one attached hydrogen (secondary N) is 1. The number of amides is 2. The summed E-state index contributed by atoms with van der Waals surface area (Å²) in [5.41, 5.74) is 8.42. The van der Waals surface area contributed by atoms with Gasteiger partial charge in [-0.15, -0.1) is 11.3 Å². The molecule has 0 unspecified atom stereocenters. The second kappa shape index (κ2) is 9.44. The molecule has 0 aliphatic carbocycles. The zero-order chi connectivity index (χ0) is 22.5. The van der Waals surface area contributed by atoms with Crippen molar-refractivity contribution in [1.29, 1.82) is 0 Å². The van der Waals surface area contributed by atoms with E-state index < -0.39 is 5.91 Å². The third-order valence-corrected chi connectivity index (χ3v) is 5.49. The fraction of sp³-hybridized carbons (Fsp3) is 0.130. The van der Waals surface area contributed by atoms with Crippen LogP contribution in [0.4, 0.5) is 5.69 Å². The number of aromatic nitrogens is 3. The van der Waals surface area contributed by atoms with Crippen LogP contribution in [0.1, 0.15) is 23.1 Å². The molecular weight excluding hydrogens is 426 g/mol. The fourth-order valence-corrected chi connectivity index (χ4v) is 3.95. The molecule has 2 aromatic carbocycles. The van der Waals surface area contributed by atoms with Gasteiger partial charge in [0, 0.05) is 17.3 Å². The first-order valence-electron chi connectivity index (χ1n) is 9.96. The number of hydrogen-bond donors (Lipinski definition) is 2. The van der Waals surface area contributed by atoms with Gasteiger partial charge in [0.05, 0.1) is 30.0 Å². The van der Waals surface area contributed by atoms with Crippen molar-refractivity contribution in [2.24, 2.45) is 5.73 Å². The summed E-state index contributed by atoms with van der Waals surface area (Å²) in [4.78, 5) is 28.3. The molecule has 0 saturated carbocycles. The molecule has 2 heterocycles. The molecule has 4 aromatic rings. The second-order valence-electron chi connectivity index (χ2n) is 6.85. The molecule has 0 radical (unpaired) electrons. The largest absolute Gasteiger partial charge is 0.493 e. The van der Waals surface area contributed by atoms with Crippen LogP contribution in [0.3, 0.4) is 0 Å². The molecule has 0 aliphatic heterocycles. The molecule has 2 amide bonds. The van der Waals surface area contributed by atoms with Crippen molar-refractivity contribution < 1.29 is 14.3 Å². The van der Waals surface area contributed by atoms with Crippen molar-refractivity contribution in [2.45, 2.75) is 13.3 Å². The van der Waals surface area contributed by atoms with E-state index in [0.29, 0.717) is 18.0 Å². The Hall–Kier alpha value is -3.98. The number of benzene rings is 2. The number of nitrogens with zero attached hydrogens (tertiary/aromatic N) is 3. The van der Waals surface area contributed by atoms with Gasteiger partial charge >= 0.3 is 0 Å². The van der Waals surface area contributed by atoms with Crippen LogP contribution in [-0.2, 0) is 11.2 Å². The van der Waals surface area contributed by atoms with E-state index >= 15 is 0 Å². The molecule has 0 bridgehead atoms. The predicted molar refractivity (Wildman–Crippen MR) is 123 cm³/mol. The Morgan fingerprint density at radius 2 is 1.91 bits per heavy atom. The molecule has 0 spiro atoms. The van der Waals surface area contributed by atoms with E-state index in [0.717, 1.165) is 22.0 Å². The standard InChI is InChI=1S/C23H21N5O3S/c1-2-31-20-6-4-3-5-18(20)23-26-16(14-32-23)13-21(29)25-15-7-9-17(10-8-15)28-12-11-19(27-28)22(24)30/h3-12,14H,2,13H2,1H3,(H2,24,30)(H,25,29). The molecule has 4 rings (SSSR count). The van der Waals surface area contributed by atoms with Crippen molar-refractivity contribution in [3.05, 3.63) is 77.6 Å². The highest BCUT2D eigenvalue weighted by atomic mass is 32.1. The van der Waals surface area contributed by atoms with Crippen LogP contribution in [0.15, 0.2) is 66.2 Å². The SMILES string of the molecule is CCOc1ccccc1-c1nc(CC(=O)Nc2ccc(-n3ccc(C(N)=O)n3)cc2)cs1. The maximum atomic E-state index is 12.5. The van der Waals surface area contributed by atoms with Crippen LogP contribution in [0.2, 0.25) is 0 Å². The minimum absolute atomic E-state index is 0.163. The van der Waals surface area contributed by atoms with Gasteiger partial charge in [-0.2, -0.15) is 5.10 Å². The number of hydrogen-bond acceptors (Lipinski definition) is 6. The molecule has 3 N–H and O–H groups in total. The zero-order valence-electron chi connectivity index (χ0n) is 17.3. The van der Waals surface area contributed by atoms with Crippen molar-refractivity contribution in [2.75, 3.05) is 11.9 Å². The Bertz CT molecular complexity index is 1250. The number of carbonyl (C=O) groups excluding carboxylic acids is 2. The average Bonchev–Trinajstić information content (AvgIpc) is 3.45. The third kappa shape index (κ3) is 4.84. The van der Waals surface area contributed by atoms with E-state index in [1.807, 2.05) is 36.6 Å². The molecule has 9 heteroatoms. The van der Waals surface area contributed by atoms with Crippen LogP contribution < -0.4 is 15.8 Å². The van der Waals surface area contributed by atoms with Gasteiger partial charge in [0.1, 0.15) is 16.5 Å². The minimum Gasteiger partial charge on any atom is -0.493 e. The van der Waals surface area contributed by atoms with E-state index in [1.54, 1.807) is 41.2 Å². The highest BCUT2D eigenvalue weighted by Gasteiger charge is 2.13. The number of thiazole rings is 1. The monoisotopic (exact) mass is 447 g/mol. The van der Waals surface area contributed by atoms with Crippen molar-refractivity contribution >= 4 is 28.8 Å². The molecule has 32 heavy (non-hydrogen) atoms. The smallest absolute Gasteiger partial charge is 0.269 e. The Labute approximate surface area is 188 Å². The van der Waals surface area contributed by atoms with Crippen LogP contribution in [0.5, 0.6) is 5.75 Å². The quantitative estimate of drug-likeness (QED) is 0.428. The first-order valence-corrected chi connectivity index (χ1v) is 10.8. The number of carbonyl (C=O) groups is 2. The van der Waals surface area contributed by atoms with Crippen molar-refractivity contribution in [1.82, 2.24) is 14.8 Å². The van der Waals surface area contributed by atoms with Gasteiger partial charge in [0.25, 0.3) is 5.91 Å². The summed E-state index contributed by atoms with van der Waals surface area (Å²) in [6, 6.07) is 16.4. The number of primary amides is 1. The topological polar surface area (TPSA) is 112 Å². The molecule has 162 valence electrons. The van der Waals surface area contributed by atoms with Crippen LogP contribution >= 0.6 is 11.3 Å². The van der Waals surface area contributed by atoms with E-state index in [1.165, 1.54) is 11.3 Å². The number of nitrogens with two attached hydrogens (primary N) is 1. The molecular formula is C23H21N5O3S. The molecule has 0 aliphatic rings. The van der Waals surface area contributed by atoms with Crippen molar-refractivity contribution in [3.8, 4) is 22.0 Å². The predicted octanol–water partition coefficient (Wildman–Crippen LogP) is 3.67. The summed E-state index contributed by atoms with van der Waals surface area (Å²) in [6.45, 7) is 2.51. The molecule has 0 saturated heterocycles. The molecule has 0 atom stereocenters. The maximum Gasteiger partial charge on any atom is 0.269 e. The van der Waals surface area contributed by atoms with Crippen molar-refractivity contribution in [3.63, 3.8) is 0 Å². The lowest BCUT2D eigenvalue weighted by Gasteiger charge is -2.07. The van der Waals surface area contributed by atoms with Gasteiger partial charge in [-0.1, -0.05) is 12.1 Å². The Kier molecular flexibility index (Phi) is 6.27. The minimum atomic E-state index is -0.584. The number of para-hydroxylation sites is 1. The average molecular weight is 448 g/mol. The summed E-state index contributed by atoms with van der Waals surface area (Å²) in [7, 11) is 0. The number of anilines is 1. The lowest BCUT2D eigenvalue weighted by molar-refractivity contribution is -0.115. The molecule has 2 aromatic heterocycles. The van der Waals surface area contributed by atoms with E-state index in [-0.39, 0.29) is 18.0 Å². The third-order valence-electron chi connectivity index (χ3n) is 4.57. The maximum absolute atomic E-state index is 12.5. The second-order valence-corrected chi connectivity index (χ2v) is 7.71. The lowest BCUT2D eigenvalue weighted by Crippen LogP contribution is -2.14. The van der Waals surface area contributed by atoms with Gasteiger partial charge in [-0.3, -0.25) is 9.59 Å². The van der Waals surface area contributed by atoms with Gasteiger partial charge in [0.15, 0.2) is 0 Å². The van der Waals surface area contributed by atoms with Gasteiger partial charge < -0.3 is 15.8 Å². The number of ether oxygens (including phenoxy) is 1. The first-order chi connectivity index (χ1) is 15.5. The van der Waals surface area contributed by atoms with Crippen LogP contribution in [0, 0.1) is 0 Å². The Balaban J connectivity index is 1.40. The van der Waals surface area contributed by atoms with Crippen LogP contribution in [-0.4, -0.2) is 33.2 Å². The first kappa shape index (κ1) is 21.3. The van der Waals surface area contributed by atoms with E-state index in [9.17, 15) is 9.59 Å². The zero-order valence-corrected chi connectivity index (χ0v) is 18.1. The summed E-state index contributed by atoms with van der Waals surface area (Å²) in [6.07, 6.45) is 1.81. The van der Waals surface area contributed by atoms with Gasteiger partial charge in [-0.05, 0) is 49.4 Å². The molecule has 0 fully saturated rings. The summed E-state index contributed by atoms with van der Waals surface area (Å²) >= 11 is 1.48. The summed E-state index contributed by atoms with van der Waals surface area (Å²) in [5, 5.41) is 9.68. The van der Waals surface area contributed by atoms with E-state index in [2.05, 4.69) is 15.4 Å². The van der Waals surface area contributed by atoms with E-state index in [4.69, 9.17) is 10.5 Å².